The van der Waals surface area contributed by atoms with E-state index < -0.39 is 11.7 Å². The standard InChI is InChI=1S/C13H13F3N4O/c14-13(15,16)7-3-11-17-6-18-20(11)12(4-7)19-2-1-8-9(19)5-10(8)21/h3-4,6,8-10,21H,1-2,5H2/t8-,9-,10+/m0/s1. The van der Waals surface area contributed by atoms with E-state index in [-0.39, 0.29) is 23.7 Å². The molecule has 2 aromatic heterocycles. The zero-order valence-corrected chi connectivity index (χ0v) is 11.0. The van der Waals surface area contributed by atoms with Crippen molar-refractivity contribution in [2.45, 2.75) is 31.2 Å². The Morgan fingerprint density at radius 2 is 2.10 bits per heavy atom. The summed E-state index contributed by atoms with van der Waals surface area (Å²) in [6.45, 7) is 0.628. The van der Waals surface area contributed by atoms with Crippen molar-refractivity contribution in [1.29, 1.82) is 0 Å². The van der Waals surface area contributed by atoms with Crippen LogP contribution in [-0.2, 0) is 6.18 Å². The molecule has 1 aliphatic carbocycles. The van der Waals surface area contributed by atoms with Gasteiger partial charge in [0.15, 0.2) is 5.65 Å². The lowest BCUT2D eigenvalue weighted by atomic mass is 9.77. The number of aliphatic hydroxyl groups excluding tert-OH is 1. The topological polar surface area (TPSA) is 53.7 Å². The van der Waals surface area contributed by atoms with Crippen molar-refractivity contribution >= 4 is 11.5 Å². The SMILES string of the molecule is O[C@@H]1C[C@H]2[C@@H]1CCN2c1cc(C(F)(F)F)cc2ncnn12. The van der Waals surface area contributed by atoms with Gasteiger partial charge in [0.25, 0.3) is 0 Å². The van der Waals surface area contributed by atoms with Crippen LogP contribution < -0.4 is 4.90 Å². The highest BCUT2D eigenvalue weighted by Gasteiger charge is 2.48. The summed E-state index contributed by atoms with van der Waals surface area (Å²) < 4.78 is 40.5. The highest BCUT2D eigenvalue weighted by atomic mass is 19.4. The molecule has 21 heavy (non-hydrogen) atoms. The van der Waals surface area contributed by atoms with Gasteiger partial charge in [0, 0.05) is 18.5 Å². The van der Waals surface area contributed by atoms with Crippen LogP contribution in [0.5, 0.6) is 0 Å². The van der Waals surface area contributed by atoms with Crippen LogP contribution in [0.25, 0.3) is 5.65 Å². The molecule has 3 heterocycles. The molecule has 0 radical (unpaired) electrons. The predicted octanol–water partition coefficient (Wildman–Crippen LogP) is 1.71. The molecule has 2 fully saturated rings. The second-order valence-electron chi connectivity index (χ2n) is 5.65. The maximum Gasteiger partial charge on any atom is 0.416 e. The minimum absolute atomic E-state index is 0.0934. The molecule has 4 rings (SSSR count). The Kier molecular flexibility index (Phi) is 2.51. The van der Waals surface area contributed by atoms with E-state index in [0.29, 0.717) is 18.8 Å². The Balaban J connectivity index is 1.82. The van der Waals surface area contributed by atoms with Crippen LogP contribution in [0.4, 0.5) is 19.0 Å². The summed E-state index contributed by atoms with van der Waals surface area (Å²) in [5.41, 5.74) is -0.538. The second-order valence-corrected chi connectivity index (χ2v) is 5.65. The molecule has 1 N–H and O–H groups in total. The molecule has 0 aromatic carbocycles. The van der Waals surface area contributed by atoms with E-state index in [1.54, 1.807) is 0 Å². The van der Waals surface area contributed by atoms with Crippen molar-refractivity contribution in [3.05, 3.63) is 24.0 Å². The van der Waals surface area contributed by atoms with Crippen molar-refractivity contribution in [2.75, 3.05) is 11.4 Å². The minimum atomic E-state index is -4.42. The molecule has 3 atom stereocenters. The number of hydrogen-bond acceptors (Lipinski definition) is 4. The number of anilines is 1. The molecule has 0 amide bonds. The lowest BCUT2D eigenvalue weighted by Crippen LogP contribution is -2.49. The van der Waals surface area contributed by atoms with E-state index in [1.165, 1.54) is 10.8 Å². The van der Waals surface area contributed by atoms with Gasteiger partial charge in [-0.25, -0.2) is 4.98 Å². The highest BCUT2D eigenvalue weighted by molar-refractivity contribution is 5.55. The molecule has 5 nitrogen and oxygen atoms in total. The highest BCUT2D eigenvalue weighted by Crippen LogP contribution is 2.43. The van der Waals surface area contributed by atoms with E-state index in [1.807, 2.05) is 4.90 Å². The van der Waals surface area contributed by atoms with Gasteiger partial charge in [-0.1, -0.05) is 0 Å². The van der Waals surface area contributed by atoms with Crippen LogP contribution in [0.3, 0.4) is 0 Å². The summed E-state index contributed by atoms with van der Waals surface area (Å²) >= 11 is 0. The summed E-state index contributed by atoms with van der Waals surface area (Å²) in [6.07, 6.45) is -2.12. The molecule has 112 valence electrons. The number of alkyl halides is 3. The molecule has 0 bridgehead atoms. The lowest BCUT2D eigenvalue weighted by Gasteiger charge is -2.41. The first-order chi connectivity index (χ1) is 9.95. The molecule has 0 spiro atoms. The predicted molar refractivity (Wildman–Crippen MR) is 67.9 cm³/mol. The van der Waals surface area contributed by atoms with Crippen LogP contribution in [-0.4, -0.2) is 38.4 Å². The van der Waals surface area contributed by atoms with Gasteiger partial charge in [-0.05, 0) is 25.0 Å². The first-order valence-corrected chi connectivity index (χ1v) is 6.81. The van der Waals surface area contributed by atoms with Crippen LogP contribution in [0.15, 0.2) is 18.5 Å². The number of aliphatic hydroxyl groups is 1. The fourth-order valence-electron chi connectivity index (χ4n) is 3.41. The maximum atomic E-state index is 13.0. The van der Waals surface area contributed by atoms with Crippen LogP contribution in [0, 0.1) is 5.92 Å². The molecular formula is C13H13F3N4O. The number of aromatic nitrogens is 3. The Hall–Kier alpha value is -1.83. The van der Waals surface area contributed by atoms with Crippen molar-refractivity contribution in [2.24, 2.45) is 5.92 Å². The summed E-state index contributed by atoms with van der Waals surface area (Å²) in [7, 11) is 0. The van der Waals surface area contributed by atoms with Gasteiger partial charge in [0.1, 0.15) is 12.1 Å². The monoisotopic (exact) mass is 298 g/mol. The zero-order chi connectivity index (χ0) is 14.8. The fourth-order valence-corrected chi connectivity index (χ4v) is 3.41. The molecule has 1 saturated heterocycles. The van der Waals surface area contributed by atoms with Gasteiger partial charge >= 0.3 is 6.18 Å². The zero-order valence-electron chi connectivity index (χ0n) is 11.0. The van der Waals surface area contributed by atoms with Gasteiger partial charge in [0.2, 0.25) is 0 Å². The van der Waals surface area contributed by atoms with Gasteiger partial charge < -0.3 is 10.0 Å². The molecule has 2 aromatic rings. The van der Waals surface area contributed by atoms with Crippen molar-refractivity contribution in [1.82, 2.24) is 14.6 Å². The third-order valence-electron chi connectivity index (χ3n) is 4.56. The first kappa shape index (κ1) is 12.9. The molecule has 1 saturated carbocycles. The van der Waals surface area contributed by atoms with Gasteiger partial charge in [-0.3, -0.25) is 0 Å². The van der Waals surface area contributed by atoms with Crippen molar-refractivity contribution in [3.8, 4) is 0 Å². The minimum Gasteiger partial charge on any atom is -0.393 e. The fraction of sp³-hybridized carbons (Fsp3) is 0.538. The average molecular weight is 298 g/mol. The summed E-state index contributed by atoms with van der Waals surface area (Å²) in [5, 5.41) is 13.7. The summed E-state index contributed by atoms with van der Waals surface area (Å²) in [6, 6.07) is 2.21. The number of rotatable bonds is 1. The largest absolute Gasteiger partial charge is 0.416 e. The normalized spacial score (nSPS) is 28.8. The van der Waals surface area contributed by atoms with Crippen LogP contribution >= 0.6 is 0 Å². The number of pyridine rings is 1. The van der Waals surface area contributed by atoms with E-state index in [9.17, 15) is 18.3 Å². The summed E-state index contributed by atoms with van der Waals surface area (Å²) in [4.78, 5) is 5.79. The second kappa shape index (κ2) is 4.09. The maximum absolute atomic E-state index is 13.0. The Morgan fingerprint density at radius 3 is 2.76 bits per heavy atom. The third kappa shape index (κ3) is 1.81. The average Bonchev–Trinajstić information content (AvgIpc) is 2.99. The molecule has 1 aliphatic heterocycles. The van der Waals surface area contributed by atoms with Crippen molar-refractivity contribution in [3.63, 3.8) is 0 Å². The summed E-state index contributed by atoms with van der Waals surface area (Å²) in [5.74, 6) is 0.551. The molecule has 2 aliphatic rings. The molecule has 0 unspecified atom stereocenters. The van der Waals surface area contributed by atoms with Gasteiger partial charge in [-0.15, -0.1) is 0 Å². The van der Waals surface area contributed by atoms with E-state index in [4.69, 9.17) is 0 Å². The first-order valence-electron chi connectivity index (χ1n) is 6.81. The Morgan fingerprint density at radius 1 is 1.29 bits per heavy atom. The smallest absolute Gasteiger partial charge is 0.393 e. The van der Waals surface area contributed by atoms with E-state index >= 15 is 0 Å². The number of halogens is 3. The van der Waals surface area contributed by atoms with Crippen LogP contribution in [0.1, 0.15) is 18.4 Å². The number of hydrogen-bond donors (Lipinski definition) is 1. The van der Waals surface area contributed by atoms with E-state index in [0.717, 1.165) is 18.6 Å². The lowest BCUT2D eigenvalue weighted by molar-refractivity contribution is -0.137. The number of fused-ring (bicyclic) bond motifs is 2. The molecular weight excluding hydrogens is 285 g/mol. The Bertz CT molecular complexity index is 698. The van der Waals surface area contributed by atoms with Gasteiger partial charge in [-0.2, -0.15) is 22.8 Å². The quantitative estimate of drug-likeness (QED) is 0.871. The van der Waals surface area contributed by atoms with Gasteiger partial charge in [0.05, 0.1) is 11.7 Å². The molecule has 8 heteroatoms. The third-order valence-corrected chi connectivity index (χ3v) is 4.56. The Labute approximate surface area is 118 Å². The van der Waals surface area contributed by atoms with E-state index in [2.05, 4.69) is 10.1 Å². The van der Waals surface area contributed by atoms with Crippen molar-refractivity contribution < 1.29 is 18.3 Å². The number of nitrogens with zero attached hydrogens (tertiary/aromatic N) is 4. The van der Waals surface area contributed by atoms with Crippen LogP contribution in [0.2, 0.25) is 0 Å².